The van der Waals surface area contributed by atoms with Crippen LogP contribution in [0.4, 0.5) is 11.4 Å². The van der Waals surface area contributed by atoms with E-state index >= 15 is 0 Å². The molecule has 1 aromatic carbocycles. The molecule has 0 atom stereocenters. The fourth-order valence-electron chi connectivity index (χ4n) is 0.699. The first-order chi connectivity index (χ1) is 6.20. The highest BCUT2D eigenvalue weighted by molar-refractivity contribution is 7.79. The van der Waals surface area contributed by atoms with Crippen LogP contribution >= 0.6 is 0 Å². The summed E-state index contributed by atoms with van der Waals surface area (Å²) in [5.74, 6) is 0. The summed E-state index contributed by atoms with van der Waals surface area (Å²) < 4.78 is 34.1. The molecule has 0 amide bonds. The van der Waals surface area contributed by atoms with Crippen LogP contribution in [0.3, 0.4) is 0 Å². The molecule has 0 saturated heterocycles. The van der Waals surface area contributed by atoms with Gasteiger partial charge < -0.3 is 20.6 Å². The number of aryl methyl sites for hydroxylation is 1. The smallest absolute Gasteiger partial charge is 0.0345 e. The van der Waals surface area contributed by atoms with E-state index in [1.54, 1.807) is 6.07 Å². The molecule has 0 fully saturated rings. The van der Waals surface area contributed by atoms with Crippen LogP contribution in [0.2, 0.25) is 0 Å². The lowest BCUT2D eigenvalue weighted by molar-refractivity contribution is 0.352. The van der Waals surface area contributed by atoms with E-state index in [9.17, 15) is 0 Å². The van der Waals surface area contributed by atoms with Crippen LogP contribution in [0, 0.1) is 6.92 Å². The number of anilines is 2. The van der Waals surface area contributed by atoms with Gasteiger partial charge in [-0.1, -0.05) is 0 Å². The van der Waals surface area contributed by atoms with Gasteiger partial charge in [-0.25, -0.2) is 0 Å². The van der Waals surface area contributed by atoms with Crippen LogP contribution in [0.1, 0.15) is 5.56 Å². The van der Waals surface area contributed by atoms with Gasteiger partial charge in [0, 0.05) is 21.8 Å². The normalized spacial score (nSPS) is 10.2. The third-order valence-corrected chi connectivity index (χ3v) is 1.29. The van der Waals surface area contributed by atoms with E-state index in [2.05, 4.69) is 0 Å². The Morgan fingerprint density at radius 3 is 1.93 bits per heavy atom. The van der Waals surface area contributed by atoms with Crippen LogP contribution < -0.4 is 11.5 Å². The minimum absolute atomic E-state index is 0.765. The van der Waals surface area contributed by atoms with Crippen LogP contribution in [-0.2, 0) is 10.4 Å². The highest BCUT2D eigenvalue weighted by atomic mass is 32.3. The van der Waals surface area contributed by atoms with Crippen molar-refractivity contribution >= 4 is 21.8 Å². The van der Waals surface area contributed by atoms with Gasteiger partial charge >= 0.3 is 0 Å². The van der Waals surface area contributed by atoms with Gasteiger partial charge in [0.1, 0.15) is 0 Å². The molecule has 1 rings (SSSR count). The number of nitrogen functional groups attached to an aromatic ring is 2. The molecule has 7 heteroatoms. The van der Waals surface area contributed by atoms with Crippen molar-refractivity contribution in [2.24, 2.45) is 0 Å². The van der Waals surface area contributed by atoms with Crippen molar-refractivity contribution in [3.8, 4) is 0 Å². The molecule has 0 spiro atoms. The number of benzene rings is 1. The Labute approximate surface area is 82.1 Å². The van der Waals surface area contributed by atoms with Crippen molar-refractivity contribution in [2.45, 2.75) is 6.92 Å². The predicted octanol–water partition coefficient (Wildman–Crippen LogP) is -0.179. The van der Waals surface area contributed by atoms with Crippen LogP contribution in [0.15, 0.2) is 18.2 Å². The summed E-state index contributed by atoms with van der Waals surface area (Å²) >= 11 is 0. The molecule has 0 heterocycles. The summed E-state index contributed by atoms with van der Waals surface area (Å²) in [4.78, 5) is 0. The van der Waals surface area contributed by atoms with Crippen molar-refractivity contribution in [1.29, 1.82) is 0 Å². The molecule has 0 aromatic heterocycles. The van der Waals surface area contributed by atoms with Gasteiger partial charge in [0.05, 0.1) is 0 Å². The molecule has 0 bridgehead atoms. The van der Waals surface area contributed by atoms with Crippen molar-refractivity contribution in [2.75, 3.05) is 11.5 Å². The van der Waals surface area contributed by atoms with E-state index in [-0.39, 0.29) is 0 Å². The van der Waals surface area contributed by atoms with Gasteiger partial charge in [-0.2, -0.15) is 0 Å². The molecule has 0 unspecified atom stereocenters. The van der Waals surface area contributed by atoms with Gasteiger partial charge in [0.15, 0.2) is 0 Å². The topological polar surface area (TPSA) is 132 Å². The van der Waals surface area contributed by atoms with E-state index in [0.29, 0.717) is 0 Å². The van der Waals surface area contributed by atoms with Crippen molar-refractivity contribution in [1.82, 2.24) is 0 Å². The third-order valence-electron chi connectivity index (χ3n) is 1.29. The first kappa shape index (κ1) is 12.7. The fourth-order valence-corrected chi connectivity index (χ4v) is 0.699. The molecule has 0 aliphatic heterocycles. The Bertz CT molecular complexity index is 394. The van der Waals surface area contributed by atoms with Gasteiger partial charge in [-0.05, 0) is 30.7 Å². The summed E-state index contributed by atoms with van der Waals surface area (Å²) in [6.07, 6.45) is 0. The number of hydrogen-bond donors (Lipinski definition) is 2. The summed E-state index contributed by atoms with van der Waals surface area (Å²) in [5.41, 5.74) is 13.6. The fraction of sp³-hybridized carbons (Fsp3) is 0.143. The highest BCUT2D eigenvalue weighted by Gasteiger charge is 1.90. The molecule has 0 radical (unpaired) electrons. The zero-order valence-electron chi connectivity index (χ0n) is 7.43. The van der Waals surface area contributed by atoms with Crippen molar-refractivity contribution in [3.05, 3.63) is 23.8 Å². The standard InChI is InChI=1S/C7H10N2.H2O4S/c1-5-4-6(8)2-3-7(5)9;1-5(2,3)4/h2-4H,8-9H2,1H3;(H2,1,2,3,4)/p-2. The lowest BCUT2D eigenvalue weighted by atomic mass is 10.2. The van der Waals surface area contributed by atoms with E-state index in [0.717, 1.165) is 16.9 Å². The largest absolute Gasteiger partial charge is 0.759 e. The van der Waals surface area contributed by atoms with E-state index in [4.69, 9.17) is 29.0 Å². The van der Waals surface area contributed by atoms with Crippen molar-refractivity contribution < 1.29 is 17.5 Å². The van der Waals surface area contributed by atoms with Crippen molar-refractivity contribution in [3.63, 3.8) is 0 Å². The molecule has 1 aromatic rings. The Kier molecular flexibility index (Phi) is 4.35. The summed E-state index contributed by atoms with van der Waals surface area (Å²) in [6, 6.07) is 5.46. The Hall–Kier alpha value is -1.31. The number of hydrogen-bond acceptors (Lipinski definition) is 6. The minimum atomic E-state index is -5.17. The first-order valence-electron chi connectivity index (χ1n) is 3.48. The zero-order valence-corrected chi connectivity index (χ0v) is 8.24. The Morgan fingerprint density at radius 1 is 1.21 bits per heavy atom. The lowest BCUT2D eigenvalue weighted by Crippen LogP contribution is -1.91. The average molecular weight is 218 g/mol. The second-order valence-electron chi connectivity index (χ2n) is 2.52. The monoisotopic (exact) mass is 218 g/mol. The average Bonchev–Trinajstić information content (AvgIpc) is 1.94. The maximum atomic E-state index is 8.52. The summed E-state index contributed by atoms with van der Waals surface area (Å²) in [5, 5.41) is 0. The molecule has 0 saturated carbocycles. The molecule has 80 valence electrons. The molecule has 0 aliphatic carbocycles. The van der Waals surface area contributed by atoms with Crippen LogP contribution in [-0.4, -0.2) is 17.5 Å². The van der Waals surface area contributed by atoms with E-state index in [1.165, 1.54) is 0 Å². The Balaban J connectivity index is 0.000000292. The molecule has 14 heavy (non-hydrogen) atoms. The summed E-state index contributed by atoms with van der Waals surface area (Å²) in [7, 11) is -5.17. The van der Waals surface area contributed by atoms with E-state index in [1.807, 2.05) is 19.1 Å². The van der Waals surface area contributed by atoms with Gasteiger partial charge in [-0.15, -0.1) is 0 Å². The SMILES string of the molecule is Cc1cc(N)ccc1N.O=S(=O)([O-])[O-]. The molecular weight excluding hydrogens is 208 g/mol. The predicted molar refractivity (Wildman–Crippen MR) is 50.5 cm³/mol. The van der Waals surface area contributed by atoms with Gasteiger partial charge in [0.2, 0.25) is 0 Å². The lowest BCUT2D eigenvalue weighted by Gasteiger charge is -2.06. The molecular formula is C7H10N2O4S-2. The zero-order chi connectivity index (χ0) is 11.4. The maximum Gasteiger partial charge on any atom is 0.0345 e. The maximum absolute atomic E-state index is 8.52. The second kappa shape index (κ2) is 4.80. The Morgan fingerprint density at radius 2 is 1.64 bits per heavy atom. The number of rotatable bonds is 0. The van der Waals surface area contributed by atoms with Gasteiger partial charge in [0.25, 0.3) is 0 Å². The third kappa shape index (κ3) is 7.35. The van der Waals surface area contributed by atoms with Gasteiger partial charge in [-0.3, -0.25) is 8.42 Å². The first-order valence-corrected chi connectivity index (χ1v) is 4.82. The van der Waals surface area contributed by atoms with Crippen LogP contribution in [0.25, 0.3) is 0 Å². The van der Waals surface area contributed by atoms with Crippen LogP contribution in [0.5, 0.6) is 0 Å². The molecule has 4 N–H and O–H groups in total. The second-order valence-corrected chi connectivity index (χ2v) is 3.34. The molecule has 0 aliphatic rings. The number of nitrogens with two attached hydrogens (primary N) is 2. The highest BCUT2D eigenvalue weighted by Crippen LogP contribution is 2.12. The van der Waals surface area contributed by atoms with E-state index < -0.39 is 10.4 Å². The minimum Gasteiger partial charge on any atom is -0.759 e. The molecule has 6 nitrogen and oxygen atoms in total. The summed E-state index contributed by atoms with van der Waals surface area (Å²) in [6.45, 7) is 1.94. The quantitative estimate of drug-likeness (QED) is 0.352.